The molecule has 180 valence electrons. The number of halogens is 3. The summed E-state index contributed by atoms with van der Waals surface area (Å²) < 4.78 is 45.5. The van der Waals surface area contributed by atoms with Crippen LogP contribution in [0.3, 0.4) is 0 Å². The standard InChI is InChI=1S/C25H24F3NO5/c26-25(27,28)24(33)20-9-15(14-34-22-7-2-1-4-18(22)12-23(31)32)8-19(11-20)16-5-3-6-17(10-16)21(29)13-30/h1-11,21,24,30,33H,12-14,29H2,(H,31,32)/t21-,24?/m1/s1. The topological polar surface area (TPSA) is 113 Å². The lowest BCUT2D eigenvalue weighted by Crippen LogP contribution is -2.20. The van der Waals surface area contributed by atoms with Gasteiger partial charge in [-0.05, 0) is 58.1 Å². The molecule has 0 radical (unpaired) electrons. The number of alkyl halides is 3. The molecule has 1 unspecified atom stereocenters. The smallest absolute Gasteiger partial charge is 0.418 e. The van der Waals surface area contributed by atoms with Gasteiger partial charge in [-0.2, -0.15) is 13.2 Å². The Kier molecular flexibility index (Phi) is 7.93. The summed E-state index contributed by atoms with van der Waals surface area (Å²) in [6.07, 6.45) is -7.84. The zero-order chi connectivity index (χ0) is 24.9. The number of rotatable bonds is 9. The first kappa shape index (κ1) is 25.2. The Morgan fingerprint density at radius 2 is 1.68 bits per heavy atom. The molecule has 0 saturated carbocycles. The number of benzene rings is 3. The predicted molar refractivity (Wildman–Crippen MR) is 119 cm³/mol. The van der Waals surface area contributed by atoms with E-state index in [9.17, 15) is 28.2 Å². The average molecular weight is 475 g/mol. The predicted octanol–water partition coefficient (Wildman–Crippen LogP) is 4.15. The molecule has 2 atom stereocenters. The van der Waals surface area contributed by atoms with Gasteiger partial charge in [0.2, 0.25) is 0 Å². The Hall–Kier alpha value is -3.40. The van der Waals surface area contributed by atoms with Crippen molar-refractivity contribution >= 4 is 5.97 Å². The molecule has 3 aromatic carbocycles. The Morgan fingerprint density at radius 1 is 0.971 bits per heavy atom. The highest BCUT2D eigenvalue weighted by atomic mass is 19.4. The molecular weight excluding hydrogens is 451 g/mol. The van der Waals surface area contributed by atoms with Crippen LogP contribution in [0.1, 0.15) is 34.4 Å². The number of hydrogen-bond acceptors (Lipinski definition) is 5. The van der Waals surface area contributed by atoms with Crippen molar-refractivity contribution in [3.8, 4) is 16.9 Å². The minimum absolute atomic E-state index is 0.155. The Labute approximate surface area is 194 Å². The van der Waals surface area contributed by atoms with Gasteiger partial charge in [-0.3, -0.25) is 4.79 Å². The lowest BCUT2D eigenvalue weighted by atomic mass is 9.95. The summed E-state index contributed by atoms with van der Waals surface area (Å²) in [4.78, 5) is 11.1. The maximum absolute atomic E-state index is 13.3. The quantitative estimate of drug-likeness (QED) is 0.370. The second-order valence-corrected chi connectivity index (χ2v) is 7.79. The summed E-state index contributed by atoms with van der Waals surface area (Å²) in [5, 5.41) is 28.3. The molecule has 0 saturated heterocycles. The van der Waals surface area contributed by atoms with Crippen LogP contribution in [0.25, 0.3) is 11.1 Å². The highest BCUT2D eigenvalue weighted by Gasteiger charge is 2.39. The summed E-state index contributed by atoms with van der Waals surface area (Å²) in [6.45, 7) is -0.455. The number of hydrogen-bond donors (Lipinski definition) is 4. The van der Waals surface area contributed by atoms with Crippen LogP contribution in [0, 0.1) is 0 Å². The molecule has 6 nitrogen and oxygen atoms in total. The van der Waals surface area contributed by atoms with Crippen LogP contribution in [-0.2, 0) is 17.8 Å². The number of carbonyl (C=O) groups is 1. The van der Waals surface area contributed by atoms with Crippen molar-refractivity contribution in [2.45, 2.75) is 31.3 Å². The second kappa shape index (κ2) is 10.7. The molecule has 0 aliphatic carbocycles. The SMILES string of the molecule is N[C@H](CO)c1cccc(-c2cc(COc3ccccc3CC(=O)O)cc(C(O)C(F)(F)F)c2)c1. The number of ether oxygens (including phenoxy) is 1. The minimum atomic E-state index is -4.87. The molecular formula is C25H24F3NO5. The van der Waals surface area contributed by atoms with Gasteiger partial charge in [-0.25, -0.2) is 0 Å². The van der Waals surface area contributed by atoms with E-state index in [1.54, 1.807) is 54.6 Å². The van der Waals surface area contributed by atoms with Gasteiger partial charge in [0.05, 0.1) is 19.1 Å². The Morgan fingerprint density at radius 3 is 2.35 bits per heavy atom. The monoisotopic (exact) mass is 475 g/mol. The summed E-state index contributed by atoms with van der Waals surface area (Å²) in [5.74, 6) is -0.751. The van der Waals surface area contributed by atoms with Gasteiger partial charge in [0.15, 0.2) is 6.10 Å². The zero-order valence-electron chi connectivity index (χ0n) is 18.0. The van der Waals surface area contributed by atoms with Gasteiger partial charge in [0.25, 0.3) is 0 Å². The van der Waals surface area contributed by atoms with Crippen molar-refractivity contribution in [1.82, 2.24) is 0 Å². The van der Waals surface area contributed by atoms with E-state index in [-0.39, 0.29) is 25.2 Å². The van der Waals surface area contributed by atoms with E-state index in [0.717, 1.165) is 0 Å². The number of para-hydroxylation sites is 1. The molecule has 0 amide bonds. The summed E-state index contributed by atoms with van der Waals surface area (Å²) in [5.41, 5.74) is 7.81. The third kappa shape index (κ3) is 6.34. The second-order valence-electron chi connectivity index (χ2n) is 7.79. The van der Waals surface area contributed by atoms with Crippen molar-refractivity contribution in [2.75, 3.05) is 6.61 Å². The van der Waals surface area contributed by atoms with Gasteiger partial charge < -0.3 is 25.8 Å². The van der Waals surface area contributed by atoms with Gasteiger partial charge in [-0.1, -0.05) is 36.4 Å². The molecule has 3 aromatic rings. The Balaban J connectivity index is 1.99. The lowest BCUT2D eigenvalue weighted by Gasteiger charge is -2.18. The summed E-state index contributed by atoms with van der Waals surface area (Å²) in [6, 6.07) is 16.6. The van der Waals surface area contributed by atoms with E-state index in [2.05, 4.69) is 0 Å². The third-order valence-electron chi connectivity index (χ3n) is 5.19. The average Bonchev–Trinajstić information content (AvgIpc) is 2.81. The van der Waals surface area contributed by atoms with Crippen molar-refractivity contribution in [3.05, 3.63) is 89.0 Å². The first-order chi connectivity index (χ1) is 16.1. The van der Waals surface area contributed by atoms with Gasteiger partial charge in [-0.15, -0.1) is 0 Å². The number of carboxylic acid groups (broad SMARTS) is 1. The van der Waals surface area contributed by atoms with Crippen LogP contribution in [0.4, 0.5) is 13.2 Å². The molecule has 34 heavy (non-hydrogen) atoms. The number of aliphatic hydroxyl groups excluding tert-OH is 2. The normalized spacial score (nSPS) is 13.4. The van der Waals surface area contributed by atoms with Crippen LogP contribution < -0.4 is 10.5 Å². The highest BCUT2D eigenvalue weighted by molar-refractivity contribution is 5.71. The van der Waals surface area contributed by atoms with Crippen LogP contribution in [-0.4, -0.2) is 34.1 Å². The minimum Gasteiger partial charge on any atom is -0.489 e. The van der Waals surface area contributed by atoms with Crippen molar-refractivity contribution in [3.63, 3.8) is 0 Å². The number of aliphatic hydroxyl groups is 2. The van der Waals surface area contributed by atoms with Crippen LogP contribution in [0.5, 0.6) is 5.75 Å². The van der Waals surface area contributed by atoms with E-state index in [0.29, 0.717) is 33.6 Å². The van der Waals surface area contributed by atoms with Crippen molar-refractivity contribution < 1.29 is 38.0 Å². The van der Waals surface area contributed by atoms with Gasteiger partial charge in [0.1, 0.15) is 12.4 Å². The highest BCUT2D eigenvalue weighted by Crippen LogP contribution is 2.35. The zero-order valence-corrected chi connectivity index (χ0v) is 18.0. The fourth-order valence-corrected chi connectivity index (χ4v) is 3.48. The van der Waals surface area contributed by atoms with Crippen LogP contribution >= 0.6 is 0 Å². The first-order valence-corrected chi connectivity index (χ1v) is 10.4. The molecule has 5 N–H and O–H groups in total. The maximum atomic E-state index is 13.3. The van der Waals surface area contributed by atoms with Crippen molar-refractivity contribution in [2.24, 2.45) is 5.73 Å². The molecule has 0 fully saturated rings. The Bertz CT molecular complexity index is 1150. The summed E-state index contributed by atoms with van der Waals surface area (Å²) in [7, 11) is 0. The number of carboxylic acids is 1. The molecule has 0 aromatic heterocycles. The molecule has 0 aliphatic rings. The summed E-state index contributed by atoms with van der Waals surface area (Å²) >= 11 is 0. The molecule has 3 rings (SSSR count). The molecule has 0 spiro atoms. The van der Waals surface area contributed by atoms with E-state index < -0.39 is 24.3 Å². The largest absolute Gasteiger partial charge is 0.489 e. The van der Waals surface area contributed by atoms with Gasteiger partial charge in [0, 0.05) is 5.56 Å². The number of nitrogens with two attached hydrogens (primary N) is 1. The fourth-order valence-electron chi connectivity index (χ4n) is 3.48. The van der Waals surface area contributed by atoms with E-state index in [4.69, 9.17) is 15.6 Å². The molecule has 9 heteroatoms. The van der Waals surface area contributed by atoms with Gasteiger partial charge >= 0.3 is 12.1 Å². The maximum Gasteiger partial charge on any atom is 0.418 e. The molecule has 0 bridgehead atoms. The van der Waals surface area contributed by atoms with E-state index in [1.807, 2.05) is 0 Å². The first-order valence-electron chi connectivity index (χ1n) is 10.4. The van der Waals surface area contributed by atoms with Crippen LogP contribution in [0.2, 0.25) is 0 Å². The van der Waals surface area contributed by atoms with E-state index in [1.165, 1.54) is 12.1 Å². The molecule has 0 heterocycles. The number of aliphatic carboxylic acids is 1. The fraction of sp³-hybridized carbons (Fsp3) is 0.240. The van der Waals surface area contributed by atoms with Crippen LogP contribution in [0.15, 0.2) is 66.7 Å². The third-order valence-corrected chi connectivity index (χ3v) is 5.19. The van der Waals surface area contributed by atoms with E-state index >= 15 is 0 Å². The lowest BCUT2D eigenvalue weighted by molar-refractivity contribution is -0.206. The van der Waals surface area contributed by atoms with Crippen molar-refractivity contribution in [1.29, 1.82) is 0 Å². The molecule has 0 aliphatic heterocycles.